The van der Waals surface area contributed by atoms with Crippen LogP contribution in [0, 0.1) is 5.82 Å². The summed E-state index contributed by atoms with van der Waals surface area (Å²) in [7, 11) is 0. The van der Waals surface area contributed by atoms with E-state index in [1.807, 2.05) is 0 Å². The van der Waals surface area contributed by atoms with Crippen LogP contribution in [0.25, 0.3) is 22.3 Å². The number of benzene rings is 1. The van der Waals surface area contributed by atoms with Gasteiger partial charge in [0.05, 0.1) is 22.8 Å². The summed E-state index contributed by atoms with van der Waals surface area (Å²) in [5.74, 6) is -0.349. The number of urea groups is 1. The number of alkyl halides is 1. The molecule has 1 atom stereocenters. The van der Waals surface area contributed by atoms with Crippen molar-refractivity contribution in [3.05, 3.63) is 42.1 Å². The van der Waals surface area contributed by atoms with Crippen LogP contribution in [0.3, 0.4) is 0 Å². The second-order valence-electron chi connectivity index (χ2n) is 9.10. The van der Waals surface area contributed by atoms with E-state index in [0.717, 1.165) is 12.8 Å². The summed E-state index contributed by atoms with van der Waals surface area (Å²) in [6.45, 7) is 1.48. The van der Waals surface area contributed by atoms with E-state index in [-0.39, 0.29) is 23.4 Å². The number of rotatable bonds is 6. The third-order valence-corrected chi connectivity index (χ3v) is 6.71. The maximum absolute atomic E-state index is 15.0. The van der Waals surface area contributed by atoms with Crippen LogP contribution in [0.2, 0.25) is 0 Å². The van der Waals surface area contributed by atoms with E-state index < -0.39 is 23.4 Å². The number of nitrogens with two attached hydrogens (primary N) is 1. The number of nitrogens with zero attached hydrogens (tertiary/aromatic N) is 5. The Labute approximate surface area is 197 Å². The topological polar surface area (TPSA) is 137 Å². The van der Waals surface area contributed by atoms with Crippen LogP contribution in [-0.4, -0.2) is 37.1 Å². The molecule has 1 unspecified atom stereocenters. The Morgan fingerprint density at radius 2 is 2.06 bits per heavy atom. The molecule has 3 heterocycles. The summed E-state index contributed by atoms with van der Waals surface area (Å²) in [6, 6.07) is 5.36. The first-order chi connectivity index (χ1) is 16.9. The Bertz CT molecular complexity index is 1460. The molecule has 4 N–H and O–H groups in total. The number of fused-ring (bicyclic) bond motifs is 1. The quantitative estimate of drug-likeness (QED) is 0.368. The molecule has 2 aliphatic rings. The Kier molecular flexibility index (Phi) is 4.73. The number of carbonyl (C=O) groups is 1. The molecule has 0 spiro atoms. The Morgan fingerprint density at radius 1 is 1.26 bits per heavy atom. The van der Waals surface area contributed by atoms with Crippen LogP contribution in [0.4, 0.5) is 31.0 Å². The predicted octanol–water partition coefficient (Wildman–Crippen LogP) is 4.57. The van der Waals surface area contributed by atoms with Gasteiger partial charge in [0.1, 0.15) is 29.8 Å². The molecule has 0 radical (unpaired) electrons. The number of halogens is 2. The average molecular weight is 480 g/mol. The first-order valence-corrected chi connectivity index (χ1v) is 11.3. The lowest BCUT2D eigenvalue weighted by molar-refractivity contribution is 0.260. The lowest BCUT2D eigenvalue weighted by Gasteiger charge is -2.11. The van der Waals surface area contributed by atoms with Crippen LogP contribution < -0.4 is 16.4 Å². The molecule has 1 aromatic carbocycles. The summed E-state index contributed by atoms with van der Waals surface area (Å²) in [4.78, 5) is 20.8. The summed E-state index contributed by atoms with van der Waals surface area (Å²) in [5.41, 5.74) is 7.42. The second kappa shape index (κ2) is 7.72. The molecule has 0 bridgehead atoms. The van der Waals surface area contributed by atoms with Gasteiger partial charge in [-0.1, -0.05) is 11.2 Å². The van der Waals surface area contributed by atoms with Gasteiger partial charge in [0.15, 0.2) is 5.65 Å². The van der Waals surface area contributed by atoms with Gasteiger partial charge in [-0.05, 0) is 44.7 Å². The van der Waals surface area contributed by atoms with Crippen LogP contribution >= 0.6 is 0 Å². The number of nitrogen functional groups attached to an aromatic ring is 1. The van der Waals surface area contributed by atoms with Crippen molar-refractivity contribution in [3.63, 3.8) is 0 Å². The standard InChI is InChI=1S/C23H22F2N8O2/c1-11(24)23(6-7-23)16-9-17(35-32-16)30-22(34)29-15-5-2-12(8-14(15)25)19-18-20(26)27-10-28-21(18)33(31-19)13-3-4-13/h2,5,8-11,13H,3-4,6-7H2,1H3,(H2,26,27,28)(H2,29,30,34). The van der Waals surface area contributed by atoms with Gasteiger partial charge >= 0.3 is 6.03 Å². The average Bonchev–Trinajstić information content (AvgIpc) is 3.75. The number of hydrogen-bond acceptors (Lipinski definition) is 7. The third kappa shape index (κ3) is 3.65. The first-order valence-electron chi connectivity index (χ1n) is 11.3. The van der Waals surface area contributed by atoms with Crippen molar-refractivity contribution >= 4 is 34.5 Å². The maximum atomic E-state index is 15.0. The van der Waals surface area contributed by atoms with Crippen molar-refractivity contribution < 1.29 is 18.1 Å². The van der Waals surface area contributed by atoms with Crippen LogP contribution in [-0.2, 0) is 5.41 Å². The van der Waals surface area contributed by atoms with Gasteiger partial charge in [-0.3, -0.25) is 5.32 Å². The van der Waals surface area contributed by atoms with E-state index in [2.05, 4.69) is 30.9 Å². The lowest BCUT2D eigenvalue weighted by atomic mass is 9.98. The van der Waals surface area contributed by atoms with Gasteiger partial charge in [-0.2, -0.15) is 5.10 Å². The summed E-state index contributed by atoms with van der Waals surface area (Å²) in [6.07, 6.45) is 3.64. The fourth-order valence-electron chi connectivity index (χ4n) is 4.36. The number of anilines is 3. The molecule has 2 aliphatic carbocycles. The molecule has 6 rings (SSSR count). The van der Waals surface area contributed by atoms with Crippen LogP contribution in [0.5, 0.6) is 0 Å². The zero-order chi connectivity index (χ0) is 24.3. The van der Waals surface area contributed by atoms with Crippen molar-refractivity contribution in [3.8, 4) is 11.3 Å². The van der Waals surface area contributed by atoms with Gasteiger partial charge < -0.3 is 15.6 Å². The highest BCUT2D eigenvalue weighted by molar-refractivity contribution is 6.00. The predicted molar refractivity (Wildman–Crippen MR) is 124 cm³/mol. The van der Waals surface area contributed by atoms with E-state index in [1.165, 1.54) is 31.5 Å². The molecule has 180 valence electrons. The Balaban J connectivity index is 1.21. The number of amides is 2. The molecule has 2 saturated carbocycles. The maximum Gasteiger partial charge on any atom is 0.326 e. The minimum atomic E-state index is -1.07. The third-order valence-electron chi connectivity index (χ3n) is 6.71. The van der Waals surface area contributed by atoms with Gasteiger partial charge in [0, 0.05) is 17.0 Å². The molecule has 35 heavy (non-hydrogen) atoms. The van der Waals surface area contributed by atoms with Crippen molar-refractivity contribution in [1.82, 2.24) is 24.9 Å². The highest BCUT2D eigenvalue weighted by atomic mass is 19.1. The van der Waals surface area contributed by atoms with E-state index in [0.29, 0.717) is 40.8 Å². The highest BCUT2D eigenvalue weighted by Gasteiger charge is 2.52. The van der Waals surface area contributed by atoms with Gasteiger partial charge in [-0.25, -0.2) is 28.2 Å². The summed E-state index contributed by atoms with van der Waals surface area (Å²) < 4.78 is 35.8. The van der Waals surface area contributed by atoms with Crippen molar-refractivity contribution in [2.75, 3.05) is 16.4 Å². The van der Waals surface area contributed by atoms with Crippen molar-refractivity contribution in [2.24, 2.45) is 0 Å². The molecule has 4 aromatic rings. The summed E-state index contributed by atoms with van der Waals surface area (Å²) >= 11 is 0. The fourth-order valence-corrected chi connectivity index (χ4v) is 4.36. The molecule has 3 aromatic heterocycles. The second-order valence-corrected chi connectivity index (χ2v) is 9.10. The largest absolute Gasteiger partial charge is 0.383 e. The van der Waals surface area contributed by atoms with E-state index in [4.69, 9.17) is 10.3 Å². The van der Waals surface area contributed by atoms with Crippen LogP contribution in [0.15, 0.2) is 35.1 Å². The number of carbonyl (C=O) groups excluding carboxylic acids is 1. The number of hydrogen-bond donors (Lipinski definition) is 3. The van der Waals surface area contributed by atoms with Crippen molar-refractivity contribution in [2.45, 2.75) is 50.2 Å². The van der Waals surface area contributed by atoms with E-state index in [9.17, 15) is 13.6 Å². The first kappa shape index (κ1) is 21.4. The van der Waals surface area contributed by atoms with E-state index in [1.54, 1.807) is 10.7 Å². The molecular weight excluding hydrogens is 458 g/mol. The summed E-state index contributed by atoms with van der Waals surface area (Å²) in [5, 5.41) is 14.0. The molecular formula is C23H22F2N8O2. The minimum Gasteiger partial charge on any atom is -0.383 e. The molecule has 0 aliphatic heterocycles. The monoisotopic (exact) mass is 480 g/mol. The molecule has 10 nitrogen and oxygen atoms in total. The number of aromatic nitrogens is 5. The van der Waals surface area contributed by atoms with Crippen molar-refractivity contribution in [1.29, 1.82) is 0 Å². The van der Waals surface area contributed by atoms with Crippen LogP contribution in [0.1, 0.15) is 44.3 Å². The molecule has 0 saturated heterocycles. The Morgan fingerprint density at radius 3 is 2.74 bits per heavy atom. The van der Waals surface area contributed by atoms with Gasteiger partial charge in [0.2, 0.25) is 5.88 Å². The number of nitrogens with one attached hydrogen (secondary N) is 2. The fraction of sp³-hybridized carbons (Fsp3) is 0.348. The molecule has 12 heteroatoms. The normalized spacial score (nSPS) is 17.3. The zero-order valence-electron chi connectivity index (χ0n) is 18.8. The smallest absolute Gasteiger partial charge is 0.326 e. The molecule has 2 fully saturated rings. The highest BCUT2D eigenvalue weighted by Crippen LogP contribution is 2.52. The van der Waals surface area contributed by atoms with Gasteiger partial charge in [0.25, 0.3) is 0 Å². The lowest BCUT2D eigenvalue weighted by Crippen LogP contribution is -2.20. The SMILES string of the molecule is CC(F)C1(c2cc(NC(=O)Nc3ccc(-c4nn(C5CC5)c5ncnc(N)c45)cc3F)on2)CC1. The molecule has 2 amide bonds. The zero-order valence-corrected chi connectivity index (χ0v) is 18.8. The van der Waals surface area contributed by atoms with Gasteiger partial charge in [-0.15, -0.1) is 0 Å². The van der Waals surface area contributed by atoms with E-state index >= 15 is 0 Å². The Hall–Kier alpha value is -4.09. The minimum absolute atomic E-state index is 0.0443.